The highest BCUT2D eigenvalue weighted by Crippen LogP contribution is 2.15. The van der Waals surface area contributed by atoms with Crippen molar-refractivity contribution in [1.82, 2.24) is 0 Å². The predicted molar refractivity (Wildman–Crippen MR) is 54.7 cm³/mol. The quantitative estimate of drug-likeness (QED) is 0.725. The van der Waals surface area contributed by atoms with Gasteiger partial charge in [-0.15, -0.1) is 11.6 Å². The Balaban J connectivity index is 2.53. The number of rotatable bonds is 4. The van der Waals surface area contributed by atoms with Crippen LogP contribution in [-0.4, -0.2) is 17.1 Å². The number of benzene rings is 1. The molecule has 0 aliphatic rings. The van der Waals surface area contributed by atoms with Gasteiger partial charge >= 0.3 is 0 Å². The Kier molecular flexibility index (Phi) is 4.22. The van der Waals surface area contributed by atoms with Gasteiger partial charge in [0.2, 0.25) is 0 Å². The molecule has 3 heteroatoms. The van der Waals surface area contributed by atoms with Crippen molar-refractivity contribution in [2.24, 2.45) is 5.73 Å². The Bertz CT molecular complexity index is 240. The van der Waals surface area contributed by atoms with Crippen LogP contribution >= 0.6 is 11.6 Å². The summed E-state index contributed by atoms with van der Waals surface area (Å²) < 4.78 is 0. The summed E-state index contributed by atoms with van der Waals surface area (Å²) in [6.45, 7) is 0. The molecule has 0 aromatic heterocycles. The van der Waals surface area contributed by atoms with E-state index in [0.717, 1.165) is 5.56 Å². The van der Waals surface area contributed by atoms with E-state index >= 15 is 0 Å². The molecule has 0 saturated heterocycles. The molecule has 1 aromatic rings. The van der Waals surface area contributed by atoms with Crippen molar-refractivity contribution in [2.45, 2.75) is 18.6 Å². The van der Waals surface area contributed by atoms with Gasteiger partial charge in [0.25, 0.3) is 0 Å². The van der Waals surface area contributed by atoms with E-state index in [0.29, 0.717) is 6.42 Å². The van der Waals surface area contributed by atoms with Crippen molar-refractivity contribution >= 4 is 11.6 Å². The average molecular weight is 200 g/mol. The van der Waals surface area contributed by atoms with Crippen LogP contribution in [0.15, 0.2) is 30.3 Å². The third-order valence-electron chi connectivity index (χ3n) is 1.93. The number of nitrogens with two attached hydrogens (primary N) is 1. The molecule has 3 N–H and O–H groups in total. The maximum absolute atomic E-state index is 9.28. The van der Waals surface area contributed by atoms with Gasteiger partial charge in [-0.1, -0.05) is 30.3 Å². The lowest BCUT2D eigenvalue weighted by molar-refractivity contribution is 0.178. The normalized spacial score (nSPS) is 15.3. The van der Waals surface area contributed by atoms with Crippen molar-refractivity contribution in [3.8, 4) is 0 Å². The van der Waals surface area contributed by atoms with Gasteiger partial charge in [0.05, 0.1) is 6.10 Å². The Hall–Kier alpha value is -0.570. The lowest BCUT2D eigenvalue weighted by atomic mass is 10.0. The zero-order valence-electron chi connectivity index (χ0n) is 7.36. The second-order valence-corrected chi connectivity index (χ2v) is 3.37. The molecule has 2 atom stereocenters. The van der Waals surface area contributed by atoms with Crippen LogP contribution in [0.4, 0.5) is 0 Å². The standard InChI is InChI=1S/C10H14ClNO/c11-7-9(13)6-10(12)8-4-2-1-3-5-8/h1-5,9-10,13H,6-7,12H2. The van der Waals surface area contributed by atoms with Crippen LogP contribution in [0.25, 0.3) is 0 Å². The van der Waals surface area contributed by atoms with Crippen molar-refractivity contribution in [3.63, 3.8) is 0 Å². The van der Waals surface area contributed by atoms with Crippen LogP contribution in [0, 0.1) is 0 Å². The zero-order valence-corrected chi connectivity index (χ0v) is 8.11. The highest BCUT2D eigenvalue weighted by atomic mass is 35.5. The molecule has 0 amide bonds. The van der Waals surface area contributed by atoms with E-state index in [-0.39, 0.29) is 11.9 Å². The monoisotopic (exact) mass is 199 g/mol. The molecule has 72 valence electrons. The number of aliphatic hydroxyl groups excluding tert-OH is 1. The van der Waals surface area contributed by atoms with Crippen LogP contribution in [0.5, 0.6) is 0 Å². The highest BCUT2D eigenvalue weighted by molar-refractivity contribution is 6.18. The molecular formula is C10H14ClNO. The summed E-state index contributed by atoms with van der Waals surface area (Å²) in [6, 6.07) is 9.57. The van der Waals surface area contributed by atoms with Crippen molar-refractivity contribution in [1.29, 1.82) is 0 Å². The second-order valence-electron chi connectivity index (χ2n) is 3.06. The molecule has 13 heavy (non-hydrogen) atoms. The fourth-order valence-electron chi connectivity index (χ4n) is 1.19. The minimum atomic E-state index is -0.517. The highest BCUT2D eigenvalue weighted by Gasteiger charge is 2.10. The summed E-state index contributed by atoms with van der Waals surface area (Å²) in [5.74, 6) is 0.237. The first kappa shape index (κ1) is 10.5. The average Bonchev–Trinajstić information content (AvgIpc) is 2.19. The molecule has 1 aromatic carbocycles. The fraction of sp³-hybridized carbons (Fsp3) is 0.400. The summed E-state index contributed by atoms with van der Waals surface area (Å²) >= 11 is 5.48. The maximum atomic E-state index is 9.28. The van der Waals surface area contributed by atoms with E-state index < -0.39 is 6.10 Å². The fourth-order valence-corrected chi connectivity index (χ4v) is 1.32. The number of hydrogen-bond acceptors (Lipinski definition) is 2. The van der Waals surface area contributed by atoms with Crippen LogP contribution < -0.4 is 5.73 Å². The van der Waals surface area contributed by atoms with Crippen LogP contribution in [0.1, 0.15) is 18.0 Å². The van der Waals surface area contributed by atoms with Gasteiger partial charge in [0, 0.05) is 11.9 Å². The first-order chi connectivity index (χ1) is 6.24. The molecule has 0 aliphatic carbocycles. The first-order valence-corrected chi connectivity index (χ1v) is 4.82. The number of aliphatic hydroxyl groups is 1. The van der Waals surface area contributed by atoms with E-state index in [9.17, 15) is 5.11 Å². The molecule has 0 fully saturated rings. The van der Waals surface area contributed by atoms with E-state index in [1.807, 2.05) is 30.3 Å². The lowest BCUT2D eigenvalue weighted by Crippen LogP contribution is -2.19. The van der Waals surface area contributed by atoms with E-state index in [4.69, 9.17) is 17.3 Å². The summed E-state index contributed by atoms with van der Waals surface area (Å²) in [4.78, 5) is 0. The lowest BCUT2D eigenvalue weighted by Gasteiger charge is -2.14. The molecule has 2 unspecified atom stereocenters. The first-order valence-electron chi connectivity index (χ1n) is 4.28. The third kappa shape index (κ3) is 3.35. The maximum Gasteiger partial charge on any atom is 0.0693 e. The molecule has 2 nitrogen and oxygen atoms in total. The largest absolute Gasteiger partial charge is 0.392 e. The smallest absolute Gasteiger partial charge is 0.0693 e. The molecule has 0 bridgehead atoms. The van der Waals surface area contributed by atoms with E-state index in [1.165, 1.54) is 0 Å². The molecular weight excluding hydrogens is 186 g/mol. The molecule has 0 spiro atoms. The van der Waals surface area contributed by atoms with Gasteiger partial charge in [0.15, 0.2) is 0 Å². The van der Waals surface area contributed by atoms with Gasteiger partial charge in [-0.3, -0.25) is 0 Å². The van der Waals surface area contributed by atoms with Gasteiger partial charge in [-0.2, -0.15) is 0 Å². The molecule has 1 rings (SSSR count). The SMILES string of the molecule is NC(CC(O)CCl)c1ccccc1. The van der Waals surface area contributed by atoms with E-state index in [2.05, 4.69) is 0 Å². The van der Waals surface area contributed by atoms with Gasteiger partial charge in [-0.25, -0.2) is 0 Å². The van der Waals surface area contributed by atoms with Gasteiger partial charge in [0.1, 0.15) is 0 Å². The molecule has 0 aliphatic heterocycles. The van der Waals surface area contributed by atoms with Crippen LogP contribution in [0.2, 0.25) is 0 Å². The molecule has 0 saturated carbocycles. The Morgan fingerprint density at radius 3 is 2.46 bits per heavy atom. The van der Waals surface area contributed by atoms with Gasteiger partial charge in [-0.05, 0) is 12.0 Å². The summed E-state index contributed by atoms with van der Waals surface area (Å²) in [6.07, 6.45) is -0.00933. The predicted octanol–water partition coefficient (Wildman–Crippen LogP) is 1.68. The molecule has 0 heterocycles. The van der Waals surface area contributed by atoms with E-state index in [1.54, 1.807) is 0 Å². The minimum absolute atomic E-state index is 0.130. The second kappa shape index (κ2) is 5.22. The summed E-state index contributed by atoms with van der Waals surface area (Å²) in [7, 11) is 0. The van der Waals surface area contributed by atoms with Gasteiger partial charge < -0.3 is 10.8 Å². The van der Waals surface area contributed by atoms with Crippen molar-refractivity contribution in [2.75, 3.05) is 5.88 Å². The van der Waals surface area contributed by atoms with Crippen molar-refractivity contribution in [3.05, 3.63) is 35.9 Å². The number of halogens is 1. The number of alkyl halides is 1. The minimum Gasteiger partial charge on any atom is -0.392 e. The van der Waals surface area contributed by atoms with Crippen LogP contribution in [-0.2, 0) is 0 Å². The Morgan fingerprint density at radius 2 is 1.92 bits per heavy atom. The Labute approximate surface area is 83.3 Å². The Morgan fingerprint density at radius 1 is 1.31 bits per heavy atom. The zero-order chi connectivity index (χ0) is 9.68. The third-order valence-corrected chi connectivity index (χ3v) is 2.29. The van der Waals surface area contributed by atoms with Crippen molar-refractivity contribution < 1.29 is 5.11 Å². The summed E-state index contributed by atoms with van der Waals surface area (Å²) in [5, 5.41) is 9.28. The summed E-state index contributed by atoms with van der Waals surface area (Å²) in [5.41, 5.74) is 6.89. The molecule has 0 radical (unpaired) electrons. The number of hydrogen-bond donors (Lipinski definition) is 2. The van der Waals surface area contributed by atoms with Crippen LogP contribution in [0.3, 0.4) is 0 Å². The topological polar surface area (TPSA) is 46.2 Å².